The highest BCUT2D eigenvalue weighted by atomic mass is 16.7. The number of hydrogen-bond donors (Lipinski definition) is 2. The maximum Gasteiger partial charge on any atom is 0.0657 e. The van der Waals surface area contributed by atoms with E-state index in [-0.39, 0.29) is 6.61 Å². The molecular weight excluding hydrogens is 156 g/mol. The number of aliphatic hydroxyl groups excluding tert-OH is 1. The summed E-state index contributed by atoms with van der Waals surface area (Å²) in [5, 5.41) is 14.0. The third kappa shape index (κ3) is 2.71. The summed E-state index contributed by atoms with van der Waals surface area (Å²) >= 11 is 0. The van der Waals surface area contributed by atoms with E-state index in [0.29, 0.717) is 12.6 Å². The molecule has 0 amide bonds. The van der Waals surface area contributed by atoms with E-state index in [9.17, 15) is 0 Å². The molecular formula is C8H18N2O2. The normalized spacial score (nSPS) is 26.0. The van der Waals surface area contributed by atoms with E-state index < -0.39 is 0 Å². The first-order chi connectivity index (χ1) is 5.88. The molecule has 12 heavy (non-hydrogen) atoms. The molecule has 1 aliphatic heterocycles. The minimum absolute atomic E-state index is 0.232. The van der Waals surface area contributed by atoms with Crippen molar-refractivity contribution < 1.29 is 9.94 Å². The SMILES string of the molecule is CCON1CCNCC1CCO. The Labute approximate surface area is 73.5 Å². The van der Waals surface area contributed by atoms with Crippen LogP contribution in [-0.4, -0.2) is 49.1 Å². The van der Waals surface area contributed by atoms with Gasteiger partial charge in [0.25, 0.3) is 0 Å². The summed E-state index contributed by atoms with van der Waals surface area (Å²) in [5.74, 6) is 0. The molecule has 1 fully saturated rings. The van der Waals surface area contributed by atoms with Crippen LogP contribution in [0.15, 0.2) is 0 Å². The molecule has 2 N–H and O–H groups in total. The van der Waals surface area contributed by atoms with Gasteiger partial charge in [0, 0.05) is 32.3 Å². The molecule has 0 saturated carbocycles. The van der Waals surface area contributed by atoms with Crippen LogP contribution >= 0.6 is 0 Å². The van der Waals surface area contributed by atoms with Crippen molar-refractivity contribution in [2.24, 2.45) is 0 Å². The van der Waals surface area contributed by atoms with E-state index in [1.165, 1.54) is 0 Å². The molecule has 72 valence electrons. The smallest absolute Gasteiger partial charge is 0.0657 e. The maximum atomic E-state index is 8.79. The molecule has 0 aliphatic carbocycles. The fourth-order valence-electron chi connectivity index (χ4n) is 1.47. The zero-order chi connectivity index (χ0) is 8.81. The lowest BCUT2D eigenvalue weighted by molar-refractivity contribution is -0.192. The molecule has 4 heteroatoms. The van der Waals surface area contributed by atoms with Crippen molar-refractivity contribution in [3.8, 4) is 0 Å². The van der Waals surface area contributed by atoms with Crippen molar-refractivity contribution in [3.63, 3.8) is 0 Å². The topological polar surface area (TPSA) is 44.7 Å². The zero-order valence-electron chi connectivity index (χ0n) is 7.62. The molecule has 4 nitrogen and oxygen atoms in total. The highest BCUT2D eigenvalue weighted by Gasteiger charge is 2.21. The van der Waals surface area contributed by atoms with Gasteiger partial charge in [-0.05, 0) is 13.3 Å². The van der Waals surface area contributed by atoms with Crippen LogP contribution in [0, 0.1) is 0 Å². The quantitative estimate of drug-likeness (QED) is 0.608. The Morgan fingerprint density at radius 1 is 1.67 bits per heavy atom. The lowest BCUT2D eigenvalue weighted by atomic mass is 10.2. The van der Waals surface area contributed by atoms with Gasteiger partial charge in [0.15, 0.2) is 0 Å². The Morgan fingerprint density at radius 2 is 2.50 bits per heavy atom. The van der Waals surface area contributed by atoms with Gasteiger partial charge >= 0.3 is 0 Å². The van der Waals surface area contributed by atoms with Gasteiger partial charge in [-0.15, -0.1) is 0 Å². The van der Waals surface area contributed by atoms with Crippen LogP contribution in [-0.2, 0) is 4.84 Å². The largest absolute Gasteiger partial charge is 0.396 e. The predicted octanol–water partition coefficient (Wildman–Crippen LogP) is -0.406. The average Bonchev–Trinajstić information content (AvgIpc) is 2.09. The molecule has 0 aromatic rings. The molecule has 0 aromatic heterocycles. The number of aliphatic hydroxyl groups is 1. The third-order valence-corrected chi connectivity index (χ3v) is 2.05. The van der Waals surface area contributed by atoms with Crippen molar-refractivity contribution >= 4 is 0 Å². The van der Waals surface area contributed by atoms with Gasteiger partial charge < -0.3 is 10.4 Å². The van der Waals surface area contributed by atoms with E-state index in [1.807, 2.05) is 12.0 Å². The fourth-order valence-corrected chi connectivity index (χ4v) is 1.47. The van der Waals surface area contributed by atoms with Crippen LogP contribution in [0.1, 0.15) is 13.3 Å². The van der Waals surface area contributed by atoms with Gasteiger partial charge in [-0.2, -0.15) is 5.06 Å². The van der Waals surface area contributed by atoms with Crippen LogP contribution in [0.2, 0.25) is 0 Å². The Hall–Kier alpha value is -0.160. The van der Waals surface area contributed by atoms with Crippen molar-refractivity contribution in [2.75, 3.05) is 32.8 Å². The van der Waals surface area contributed by atoms with E-state index in [0.717, 1.165) is 26.1 Å². The van der Waals surface area contributed by atoms with Crippen molar-refractivity contribution in [2.45, 2.75) is 19.4 Å². The number of hydroxylamine groups is 2. The Morgan fingerprint density at radius 3 is 3.17 bits per heavy atom. The molecule has 0 radical (unpaired) electrons. The first kappa shape index (κ1) is 9.92. The number of piperazine rings is 1. The monoisotopic (exact) mass is 174 g/mol. The first-order valence-electron chi connectivity index (χ1n) is 4.59. The second-order valence-electron chi connectivity index (χ2n) is 2.93. The van der Waals surface area contributed by atoms with Gasteiger partial charge in [0.1, 0.15) is 0 Å². The summed E-state index contributed by atoms with van der Waals surface area (Å²) < 4.78 is 0. The molecule has 1 atom stereocenters. The predicted molar refractivity (Wildman–Crippen MR) is 46.7 cm³/mol. The van der Waals surface area contributed by atoms with Gasteiger partial charge in [-0.25, -0.2) is 0 Å². The second kappa shape index (κ2) is 5.48. The molecule has 1 rings (SSSR count). The summed E-state index contributed by atoms with van der Waals surface area (Å²) in [4.78, 5) is 5.43. The second-order valence-corrected chi connectivity index (χ2v) is 2.93. The van der Waals surface area contributed by atoms with E-state index in [2.05, 4.69) is 5.32 Å². The van der Waals surface area contributed by atoms with Gasteiger partial charge in [0.05, 0.1) is 6.61 Å². The third-order valence-electron chi connectivity index (χ3n) is 2.05. The fraction of sp³-hybridized carbons (Fsp3) is 1.00. The minimum atomic E-state index is 0.232. The van der Waals surface area contributed by atoms with Crippen molar-refractivity contribution in [1.29, 1.82) is 0 Å². The molecule has 1 unspecified atom stereocenters. The van der Waals surface area contributed by atoms with Gasteiger partial charge in [0.2, 0.25) is 0 Å². The van der Waals surface area contributed by atoms with Crippen LogP contribution in [0.4, 0.5) is 0 Å². The lowest BCUT2D eigenvalue weighted by Crippen LogP contribution is -2.51. The van der Waals surface area contributed by atoms with Crippen molar-refractivity contribution in [3.05, 3.63) is 0 Å². The van der Waals surface area contributed by atoms with Crippen LogP contribution in [0.3, 0.4) is 0 Å². The van der Waals surface area contributed by atoms with Crippen LogP contribution in [0.5, 0.6) is 0 Å². The number of rotatable bonds is 4. The van der Waals surface area contributed by atoms with Crippen LogP contribution in [0.25, 0.3) is 0 Å². The summed E-state index contributed by atoms with van der Waals surface area (Å²) in [5.41, 5.74) is 0. The summed E-state index contributed by atoms with van der Waals surface area (Å²) in [6.07, 6.45) is 0.785. The van der Waals surface area contributed by atoms with Crippen molar-refractivity contribution in [1.82, 2.24) is 10.4 Å². The van der Waals surface area contributed by atoms with Crippen LogP contribution < -0.4 is 5.32 Å². The van der Waals surface area contributed by atoms with Gasteiger partial charge in [-0.1, -0.05) is 0 Å². The number of nitrogens with one attached hydrogen (secondary N) is 1. The standard InChI is InChI=1S/C8H18N2O2/c1-2-12-10-5-4-9-7-8(10)3-6-11/h8-9,11H,2-7H2,1H3. The Bertz CT molecular complexity index is 104. The molecule has 0 aromatic carbocycles. The summed E-state index contributed by atoms with van der Waals surface area (Å²) in [6.45, 7) is 5.73. The average molecular weight is 174 g/mol. The summed E-state index contributed by atoms with van der Waals surface area (Å²) in [7, 11) is 0. The minimum Gasteiger partial charge on any atom is -0.396 e. The van der Waals surface area contributed by atoms with E-state index in [1.54, 1.807) is 0 Å². The van der Waals surface area contributed by atoms with E-state index >= 15 is 0 Å². The number of hydrogen-bond acceptors (Lipinski definition) is 4. The van der Waals surface area contributed by atoms with Gasteiger partial charge in [-0.3, -0.25) is 4.84 Å². The highest BCUT2D eigenvalue weighted by molar-refractivity contribution is 4.74. The number of nitrogens with zero attached hydrogens (tertiary/aromatic N) is 1. The molecule has 1 saturated heterocycles. The zero-order valence-corrected chi connectivity index (χ0v) is 7.62. The maximum absolute atomic E-state index is 8.79. The molecule has 0 spiro atoms. The van der Waals surface area contributed by atoms with E-state index in [4.69, 9.17) is 9.94 Å². The molecule has 0 bridgehead atoms. The summed E-state index contributed by atoms with van der Waals surface area (Å²) in [6, 6.07) is 0.337. The molecule has 1 aliphatic rings. The Kier molecular flexibility index (Phi) is 4.53. The molecule has 1 heterocycles. The Balaban J connectivity index is 2.31. The lowest BCUT2D eigenvalue weighted by Gasteiger charge is -2.34. The first-order valence-corrected chi connectivity index (χ1v) is 4.59. The highest BCUT2D eigenvalue weighted by Crippen LogP contribution is 2.06.